The van der Waals surface area contributed by atoms with Gasteiger partial charge in [-0.15, -0.1) is 0 Å². The average Bonchev–Trinajstić information content (AvgIpc) is 3.29. The van der Waals surface area contributed by atoms with Crippen molar-refractivity contribution in [2.45, 2.75) is 38.5 Å². The largest absolute Gasteiger partial charge is 0.512 e. The van der Waals surface area contributed by atoms with Gasteiger partial charge in [-0.3, -0.25) is 0 Å². The van der Waals surface area contributed by atoms with Crippen LogP contribution in [-0.2, 0) is 25.7 Å². The molecule has 0 radical (unpaired) electrons. The fourth-order valence-corrected chi connectivity index (χ4v) is 9.98. The molecule has 0 fully saturated rings. The third kappa shape index (κ3) is 7.07. The minimum absolute atomic E-state index is 0.143. The van der Waals surface area contributed by atoms with E-state index in [0.29, 0.717) is 48.0 Å². The van der Waals surface area contributed by atoms with Crippen LogP contribution in [0.1, 0.15) is 35.1 Å². The van der Waals surface area contributed by atoms with Crippen LogP contribution in [0.4, 0.5) is 0 Å². The van der Waals surface area contributed by atoms with Gasteiger partial charge in [0.1, 0.15) is 23.0 Å². The zero-order chi connectivity index (χ0) is 42.5. The molecule has 0 bridgehead atoms. The van der Waals surface area contributed by atoms with E-state index in [1.165, 1.54) is 0 Å². The molecular weight excluding hydrogens is 769 g/mol. The van der Waals surface area contributed by atoms with Gasteiger partial charge in [0.2, 0.25) is 0 Å². The van der Waals surface area contributed by atoms with Gasteiger partial charge in [0.15, 0.2) is 0 Å². The van der Waals surface area contributed by atoms with Crippen LogP contribution < -0.4 is 0 Å². The number of hydrogen-bond donors (Lipinski definition) is 6. The highest BCUT2D eigenvalue weighted by Crippen LogP contribution is 2.45. The molecule has 0 aliphatic heterocycles. The van der Waals surface area contributed by atoms with E-state index in [4.69, 9.17) is 0 Å². The molecule has 10 rings (SSSR count). The third-order valence-electron chi connectivity index (χ3n) is 13.2. The molecule has 306 valence electrons. The molecule has 62 heavy (non-hydrogen) atoms. The summed E-state index contributed by atoms with van der Waals surface area (Å²) < 4.78 is 0. The zero-order valence-electron chi connectivity index (χ0n) is 34.1. The smallest absolute Gasteiger partial charge is 0.119 e. The molecule has 6 nitrogen and oxygen atoms in total. The molecule has 6 heteroatoms. The molecule has 0 saturated carbocycles. The fourth-order valence-electron chi connectivity index (χ4n) is 9.98. The lowest BCUT2D eigenvalue weighted by molar-refractivity contribution is 0.306. The van der Waals surface area contributed by atoms with E-state index >= 15 is 0 Å². The number of aliphatic hydroxyl groups excluding tert-OH is 2. The van der Waals surface area contributed by atoms with Crippen LogP contribution in [-0.4, -0.2) is 30.6 Å². The van der Waals surface area contributed by atoms with Crippen LogP contribution in [0.2, 0.25) is 0 Å². The van der Waals surface area contributed by atoms with E-state index in [1.807, 2.05) is 133 Å². The Labute approximate surface area is 359 Å². The number of hydrogen-bond acceptors (Lipinski definition) is 6. The molecule has 8 aromatic rings. The Morgan fingerprint density at radius 1 is 0.339 bits per heavy atom. The molecule has 2 aliphatic carbocycles. The monoisotopic (exact) mass is 814 g/mol. The molecule has 2 aliphatic rings. The van der Waals surface area contributed by atoms with Gasteiger partial charge < -0.3 is 30.6 Å². The Morgan fingerprint density at radius 3 is 0.968 bits per heavy atom. The first-order valence-electron chi connectivity index (χ1n) is 21.2. The molecule has 2 unspecified atom stereocenters. The molecule has 8 aromatic carbocycles. The second-order valence-electron chi connectivity index (χ2n) is 16.9. The number of aromatic hydroxyl groups is 4. The molecule has 0 saturated heterocycles. The lowest BCUT2D eigenvalue weighted by atomic mass is 9.74. The first kappa shape index (κ1) is 38.7. The lowest BCUT2D eigenvalue weighted by Crippen LogP contribution is -2.21. The number of benzene rings is 8. The Hall–Kier alpha value is -7.44. The summed E-state index contributed by atoms with van der Waals surface area (Å²) in [5.41, 5.74) is 6.20. The fraction of sp³-hybridized carbons (Fsp3) is 0.143. The molecular formula is C56H46O6. The maximum atomic E-state index is 12.3. The first-order valence-corrected chi connectivity index (χ1v) is 21.2. The van der Waals surface area contributed by atoms with Crippen molar-refractivity contribution in [3.05, 3.63) is 214 Å². The molecule has 2 atom stereocenters. The van der Waals surface area contributed by atoms with E-state index in [2.05, 4.69) is 0 Å². The van der Waals surface area contributed by atoms with E-state index < -0.39 is 11.8 Å². The molecule has 6 N–H and O–H groups in total. The van der Waals surface area contributed by atoms with Gasteiger partial charge in [-0.25, -0.2) is 0 Å². The van der Waals surface area contributed by atoms with Gasteiger partial charge in [0.25, 0.3) is 0 Å². The van der Waals surface area contributed by atoms with Crippen molar-refractivity contribution in [3.8, 4) is 23.0 Å². The molecule has 0 amide bonds. The minimum Gasteiger partial charge on any atom is -0.512 e. The Kier molecular flexibility index (Phi) is 9.92. The van der Waals surface area contributed by atoms with Crippen molar-refractivity contribution in [3.63, 3.8) is 0 Å². The summed E-state index contributed by atoms with van der Waals surface area (Å²) in [4.78, 5) is 0. The number of fused-ring (bicyclic) bond motifs is 4. The topological polar surface area (TPSA) is 121 Å². The van der Waals surface area contributed by atoms with E-state index in [1.54, 1.807) is 24.3 Å². The summed E-state index contributed by atoms with van der Waals surface area (Å²) in [7, 11) is 0. The van der Waals surface area contributed by atoms with Crippen LogP contribution in [0.5, 0.6) is 23.0 Å². The van der Waals surface area contributed by atoms with Crippen molar-refractivity contribution >= 4 is 43.1 Å². The molecule has 0 aromatic heterocycles. The summed E-state index contributed by atoms with van der Waals surface area (Å²) in [6.07, 6.45) is 6.24. The van der Waals surface area contributed by atoms with E-state index in [9.17, 15) is 30.6 Å². The van der Waals surface area contributed by atoms with Crippen LogP contribution in [0.25, 0.3) is 43.1 Å². The van der Waals surface area contributed by atoms with Crippen molar-refractivity contribution in [1.29, 1.82) is 0 Å². The summed E-state index contributed by atoms with van der Waals surface area (Å²) in [5.74, 6) is 0.183. The first-order chi connectivity index (χ1) is 30.2. The zero-order valence-corrected chi connectivity index (χ0v) is 34.1. The Bertz CT molecular complexity index is 3010. The number of allylic oxidation sites excluding steroid dienone is 8. The highest BCUT2D eigenvalue weighted by molar-refractivity contribution is 5.90. The summed E-state index contributed by atoms with van der Waals surface area (Å²) in [6.45, 7) is 0. The van der Waals surface area contributed by atoms with Gasteiger partial charge in [-0.05, 0) is 115 Å². The number of phenolic OH excluding ortho intramolecular Hbond substituents is 4. The second-order valence-corrected chi connectivity index (χ2v) is 16.9. The maximum Gasteiger partial charge on any atom is 0.119 e. The van der Waals surface area contributed by atoms with Crippen LogP contribution in [0.3, 0.4) is 0 Å². The Morgan fingerprint density at radius 2 is 0.629 bits per heavy atom. The van der Waals surface area contributed by atoms with E-state index in [-0.39, 0.29) is 47.4 Å². The quantitative estimate of drug-likeness (QED) is 0.0863. The second kappa shape index (κ2) is 15.9. The highest BCUT2D eigenvalue weighted by Gasteiger charge is 2.32. The van der Waals surface area contributed by atoms with Gasteiger partial charge in [-0.2, -0.15) is 0 Å². The van der Waals surface area contributed by atoms with Crippen molar-refractivity contribution in [2.24, 2.45) is 11.8 Å². The SMILES string of the molecule is OC1=C(Cc2c(O)ccc3ccccc23)C=C(C2=CC(Cc3c(O)ccc4ccccc34)=C(O)C(Cc3c(O)ccc4ccccc34)C2)CC1Cc1c(O)ccc2ccccc12. The Balaban J connectivity index is 1.12. The number of aliphatic hydroxyl groups is 2. The minimum atomic E-state index is -0.426. The van der Waals surface area contributed by atoms with Crippen LogP contribution >= 0.6 is 0 Å². The van der Waals surface area contributed by atoms with Crippen molar-refractivity contribution in [1.82, 2.24) is 0 Å². The maximum absolute atomic E-state index is 12.3. The average molecular weight is 815 g/mol. The standard InChI is InChI=1S/C56H46O6/c57-51-21-17-33-9-1-5-13-43(33)47(51)29-39-25-37(26-40(55(39)61)30-48-44-14-6-2-10-34(44)18-22-52(48)58)38-27-41(31-49-45-15-7-3-11-35(45)19-23-53(49)59)56(62)42(28-38)32-50-46-16-8-4-12-36(46)20-24-54(50)60/h1-25,27,40,42,57-62H,26,28-32H2. The number of rotatable bonds is 9. The van der Waals surface area contributed by atoms with Crippen LogP contribution in [0, 0.1) is 11.8 Å². The third-order valence-corrected chi connectivity index (χ3v) is 13.2. The normalized spacial score (nSPS) is 17.0. The van der Waals surface area contributed by atoms with Gasteiger partial charge >= 0.3 is 0 Å². The van der Waals surface area contributed by atoms with E-state index in [0.717, 1.165) is 65.4 Å². The summed E-state index contributed by atoms with van der Waals surface area (Å²) >= 11 is 0. The van der Waals surface area contributed by atoms with Crippen molar-refractivity contribution in [2.75, 3.05) is 0 Å². The predicted octanol–water partition coefficient (Wildman–Crippen LogP) is 12.9. The van der Waals surface area contributed by atoms with Gasteiger partial charge in [0, 0.05) is 46.9 Å². The van der Waals surface area contributed by atoms with Crippen LogP contribution in [0.15, 0.2) is 192 Å². The molecule has 0 spiro atoms. The molecule has 0 heterocycles. The van der Waals surface area contributed by atoms with Gasteiger partial charge in [-0.1, -0.05) is 133 Å². The summed E-state index contributed by atoms with van der Waals surface area (Å²) in [6, 6.07) is 46.1. The summed E-state index contributed by atoms with van der Waals surface area (Å²) in [5, 5.41) is 77.6. The number of phenols is 4. The lowest BCUT2D eigenvalue weighted by Gasteiger charge is -2.32. The highest BCUT2D eigenvalue weighted by atomic mass is 16.3. The van der Waals surface area contributed by atoms with Gasteiger partial charge in [0.05, 0.1) is 11.5 Å². The van der Waals surface area contributed by atoms with Crippen molar-refractivity contribution < 1.29 is 30.6 Å². The predicted molar refractivity (Wildman–Crippen MR) is 249 cm³/mol.